The van der Waals surface area contributed by atoms with E-state index in [-0.39, 0.29) is 18.4 Å². The first kappa shape index (κ1) is 21.0. The number of carbonyl (C=O) groups excluding carboxylic acids is 2. The third kappa shape index (κ3) is 6.17. The largest absolute Gasteiger partial charge is 0.466 e. The lowest BCUT2D eigenvalue weighted by Gasteiger charge is -2.16. The van der Waals surface area contributed by atoms with Crippen molar-refractivity contribution < 1.29 is 19.1 Å². The van der Waals surface area contributed by atoms with E-state index in [9.17, 15) is 9.59 Å². The summed E-state index contributed by atoms with van der Waals surface area (Å²) in [7, 11) is 0. The Morgan fingerprint density at radius 1 is 0.967 bits per heavy atom. The molecule has 1 N–H and O–H groups in total. The molecule has 0 fully saturated rings. The first-order chi connectivity index (χ1) is 14.7. The zero-order chi connectivity index (χ0) is 21.2. The zero-order valence-corrected chi connectivity index (χ0v) is 16.8. The standard InChI is InChI=1S/C24H24N2O4/c1-2-29-24(28)20(15-18-7-4-3-5-8-18)16-26-23(27)19-10-12-21(13-11-19)30-22-9-6-14-25-17-22/h3-14,17,20H,2,15-16H2,1H3,(H,26,27). The minimum Gasteiger partial charge on any atom is -0.466 e. The predicted octanol–water partition coefficient (Wildman–Crippen LogP) is 4.03. The van der Waals surface area contributed by atoms with Gasteiger partial charge in [-0.05, 0) is 55.3 Å². The minimum atomic E-state index is -0.454. The average Bonchev–Trinajstić information content (AvgIpc) is 2.78. The fourth-order valence-electron chi connectivity index (χ4n) is 2.93. The summed E-state index contributed by atoms with van der Waals surface area (Å²) in [5, 5.41) is 2.84. The molecular weight excluding hydrogens is 380 g/mol. The van der Waals surface area contributed by atoms with Crippen molar-refractivity contribution in [1.29, 1.82) is 0 Å². The van der Waals surface area contributed by atoms with Crippen molar-refractivity contribution in [2.75, 3.05) is 13.2 Å². The number of hydrogen-bond acceptors (Lipinski definition) is 5. The average molecular weight is 404 g/mol. The van der Waals surface area contributed by atoms with Crippen LogP contribution in [0.25, 0.3) is 0 Å². The van der Waals surface area contributed by atoms with Crippen molar-refractivity contribution >= 4 is 11.9 Å². The Labute approximate surface area is 175 Å². The van der Waals surface area contributed by atoms with Crippen LogP contribution < -0.4 is 10.1 Å². The van der Waals surface area contributed by atoms with E-state index in [1.807, 2.05) is 30.3 Å². The number of ether oxygens (including phenoxy) is 2. The molecule has 30 heavy (non-hydrogen) atoms. The zero-order valence-electron chi connectivity index (χ0n) is 16.8. The molecule has 3 aromatic rings. The molecule has 1 amide bonds. The summed E-state index contributed by atoms with van der Waals surface area (Å²) in [6, 6.07) is 20.0. The van der Waals surface area contributed by atoms with Crippen molar-refractivity contribution in [3.05, 3.63) is 90.3 Å². The third-order valence-corrected chi connectivity index (χ3v) is 4.44. The summed E-state index contributed by atoms with van der Waals surface area (Å²) < 4.78 is 10.9. The van der Waals surface area contributed by atoms with Crippen LogP contribution in [0, 0.1) is 5.92 Å². The van der Waals surface area contributed by atoms with Gasteiger partial charge in [0.25, 0.3) is 5.91 Å². The monoisotopic (exact) mass is 404 g/mol. The number of carbonyl (C=O) groups is 2. The summed E-state index contributed by atoms with van der Waals surface area (Å²) in [6.07, 6.45) is 3.78. The minimum absolute atomic E-state index is 0.195. The smallest absolute Gasteiger partial charge is 0.311 e. The number of amides is 1. The van der Waals surface area contributed by atoms with Crippen molar-refractivity contribution in [3.8, 4) is 11.5 Å². The molecule has 0 saturated heterocycles. The Hall–Kier alpha value is -3.67. The second kappa shape index (κ2) is 10.8. The van der Waals surface area contributed by atoms with Gasteiger partial charge in [0, 0.05) is 18.3 Å². The molecule has 0 aliphatic rings. The van der Waals surface area contributed by atoms with Crippen LogP contribution in [-0.4, -0.2) is 30.0 Å². The van der Waals surface area contributed by atoms with Crippen LogP contribution in [0.15, 0.2) is 79.1 Å². The van der Waals surface area contributed by atoms with Gasteiger partial charge < -0.3 is 14.8 Å². The number of nitrogens with one attached hydrogen (secondary N) is 1. The first-order valence-corrected chi connectivity index (χ1v) is 9.82. The number of benzene rings is 2. The van der Waals surface area contributed by atoms with Gasteiger partial charge in [0.15, 0.2) is 0 Å². The number of esters is 1. The highest BCUT2D eigenvalue weighted by molar-refractivity contribution is 5.94. The maximum absolute atomic E-state index is 12.5. The molecule has 0 saturated carbocycles. The van der Waals surface area contributed by atoms with Crippen molar-refractivity contribution in [2.45, 2.75) is 13.3 Å². The lowest BCUT2D eigenvalue weighted by atomic mass is 9.99. The molecule has 6 nitrogen and oxygen atoms in total. The van der Waals surface area contributed by atoms with Gasteiger partial charge in [0.1, 0.15) is 11.5 Å². The van der Waals surface area contributed by atoms with E-state index < -0.39 is 5.92 Å². The van der Waals surface area contributed by atoms with E-state index in [4.69, 9.17) is 9.47 Å². The molecule has 0 radical (unpaired) electrons. The molecule has 3 rings (SSSR count). The first-order valence-electron chi connectivity index (χ1n) is 9.82. The molecule has 0 bridgehead atoms. The summed E-state index contributed by atoms with van der Waals surface area (Å²) in [5.41, 5.74) is 1.50. The predicted molar refractivity (Wildman–Crippen MR) is 113 cm³/mol. The topological polar surface area (TPSA) is 77.5 Å². The number of rotatable bonds is 9. The van der Waals surface area contributed by atoms with Crippen LogP contribution in [-0.2, 0) is 16.0 Å². The van der Waals surface area contributed by atoms with Gasteiger partial charge in [0.2, 0.25) is 0 Å². The van der Waals surface area contributed by atoms with Crippen LogP contribution in [0.3, 0.4) is 0 Å². The summed E-state index contributed by atoms with van der Waals surface area (Å²) >= 11 is 0. The van der Waals surface area contributed by atoms with Gasteiger partial charge >= 0.3 is 5.97 Å². The Balaban J connectivity index is 1.59. The van der Waals surface area contributed by atoms with E-state index in [1.54, 1.807) is 55.7 Å². The second-order valence-corrected chi connectivity index (χ2v) is 6.66. The van der Waals surface area contributed by atoms with Gasteiger partial charge in [-0.1, -0.05) is 30.3 Å². The molecule has 2 aromatic carbocycles. The van der Waals surface area contributed by atoms with Gasteiger partial charge in [-0.25, -0.2) is 0 Å². The number of nitrogens with zero attached hydrogens (tertiary/aromatic N) is 1. The Bertz CT molecular complexity index is 944. The molecule has 154 valence electrons. The fraction of sp³-hybridized carbons (Fsp3) is 0.208. The lowest BCUT2D eigenvalue weighted by Crippen LogP contribution is -2.35. The lowest BCUT2D eigenvalue weighted by molar-refractivity contribution is -0.147. The van der Waals surface area contributed by atoms with E-state index >= 15 is 0 Å². The highest BCUT2D eigenvalue weighted by Crippen LogP contribution is 2.20. The normalized spacial score (nSPS) is 11.4. The van der Waals surface area contributed by atoms with Gasteiger partial charge in [-0.15, -0.1) is 0 Å². The summed E-state index contributed by atoms with van der Waals surface area (Å²) in [5.74, 6) is 0.192. The number of pyridine rings is 1. The van der Waals surface area contributed by atoms with Gasteiger partial charge in [-0.3, -0.25) is 14.6 Å². The Morgan fingerprint density at radius 3 is 2.40 bits per heavy atom. The Kier molecular flexibility index (Phi) is 7.55. The molecule has 0 aliphatic carbocycles. The van der Waals surface area contributed by atoms with Crippen LogP contribution >= 0.6 is 0 Å². The van der Waals surface area contributed by atoms with Crippen molar-refractivity contribution in [3.63, 3.8) is 0 Å². The molecule has 1 atom stereocenters. The molecule has 0 aliphatic heterocycles. The molecule has 0 spiro atoms. The highest BCUT2D eigenvalue weighted by atomic mass is 16.5. The SMILES string of the molecule is CCOC(=O)C(CNC(=O)c1ccc(Oc2cccnc2)cc1)Cc1ccccc1. The molecule has 1 unspecified atom stereocenters. The van der Waals surface area contributed by atoms with Crippen molar-refractivity contribution in [1.82, 2.24) is 10.3 Å². The molecule has 1 aromatic heterocycles. The fourth-order valence-corrected chi connectivity index (χ4v) is 2.93. The number of hydrogen-bond donors (Lipinski definition) is 1. The second-order valence-electron chi connectivity index (χ2n) is 6.66. The van der Waals surface area contributed by atoms with E-state index in [2.05, 4.69) is 10.3 Å². The summed E-state index contributed by atoms with van der Waals surface area (Å²) in [6.45, 7) is 2.27. The van der Waals surface area contributed by atoms with E-state index in [0.29, 0.717) is 30.1 Å². The van der Waals surface area contributed by atoms with Gasteiger partial charge in [-0.2, -0.15) is 0 Å². The highest BCUT2D eigenvalue weighted by Gasteiger charge is 2.21. The molecule has 1 heterocycles. The van der Waals surface area contributed by atoms with Crippen LogP contribution in [0.2, 0.25) is 0 Å². The van der Waals surface area contributed by atoms with Crippen LogP contribution in [0.1, 0.15) is 22.8 Å². The third-order valence-electron chi connectivity index (χ3n) is 4.44. The van der Waals surface area contributed by atoms with Gasteiger partial charge in [0.05, 0.1) is 18.7 Å². The summed E-state index contributed by atoms with van der Waals surface area (Å²) in [4.78, 5) is 28.9. The maximum atomic E-state index is 12.5. The van der Waals surface area contributed by atoms with E-state index in [0.717, 1.165) is 5.56 Å². The van der Waals surface area contributed by atoms with Crippen LogP contribution in [0.5, 0.6) is 11.5 Å². The van der Waals surface area contributed by atoms with Crippen LogP contribution in [0.4, 0.5) is 0 Å². The molecular formula is C24H24N2O4. The maximum Gasteiger partial charge on any atom is 0.311 e. The Morgan fingerprint density at radius 2 is 1.73 bits per heavy atom. The molecule has 6 heteroatoms. The van der Waals surface area contributed by atoms with E-state index in [1.165, 1.54) is 0 Å². The quantitative estimate of drug-likeness (QED) is 0.545. The van der Waals surface area contributed by atoms with Crippen molar-refractivity contribution in [2.24, 2.45) is 5.92 Å². The number of aromatic nitrogens is 1.